The van der Waals surface area contributed by atoms with E-state index in [9.17, 15) is 19.8 Å². The van der Waals surface area contributed by atoms with E-state index in [2.05, 4.69) is 0 Å². The number of hydrogen-bond donors (Lipinski definition) is 2. The van der Waals surface area contributed by atoms with Crippen molar-refractivity contribution >= 4 is 11.8 Å². The number of carbonyl (C=O) groups excluding carboxylic acids is 2. The van der Waals surface area contributed by atoms with Crippen LogP contribution in [0.3, 0.4) is 0 Å². The Hall–Kier alpha value is -1.80. The molecule has 0 saturated carbocycles. The molecule has 7 heteroatoms. The van der Waals surface area contributed by atoms with Gasteiger partial charge in [-0.3, -0.25) is 14.5 Å². The lowest BCUT2D eigenvalue weighted by atomic mass is 10.00. The molecular formula is C14H15NO6. The largest absolute Gasteiger partial charge is 0.388 e. The van der Waals surface area contributed by atoms with Crippen LogP contribution in [0.2, 0.25) is 0 Å². The average Bonchev–Trinajstić information content (AvgIpc) is 2.73. The number of amides is 2. The number of nitrogens with zero attached hydrogens (tertiary/aromatic N) is 1. The molecule has 0 aliphatic carbocycles. The van der Waals surface area contributed by atoms with Gasteiger partial charge in [0.15, 0.2) is 6.29 Å². The summed E-state index contributed by atoms with van der Waals surface area (Å²) in [5.41, 5.74) is 0.532. The maximum Gasteiger partial charge on any atom is 0.261 e. The van der Waals surface area contributed by atoms with E-state index < -0.39 is 36.4 Å². The third kappa shape index (κ3) is 2.06. The second kappa shape index (κ2) is 5.19. The molecule has 1 fully saturated rings. The lowest BCUT2D eigenvalue weighted by molar-refractivity contribution is -0.243. The van der Waals surface area contributed by atoms with Gasteiger partial charge in [-0.15, -0.1) is 0 Å². The molecule has 4 unspecified atom stereocenters. The van der Waals surface area contributed by atoms with Crippen LogP contribution in [0.1, 0.15) is 20.7 Å². The van der Waals surface area contributed by atoms with E-state index in [-0.39, 0.29) is 17.7 Å². The maximum atomic E-state index is 12.4. The highest BCUT2D eigenvalue weighted by Crippen LogP contribution is 2.30. The van der Waals surface area contributed by atoms with Gasteiger partial charge in [-0.25, -0.2) is 0 Å². The Kier molecular flexibility index (Phi) is 3.50. The van der Waals surface area contributed by atoms with E-state index in [1.807, 2.05) is 0 Å². The highest BCUT2D eigenvalue weighted by atomic mass is 16.7. The second-order valence-electron chi connectivity index (χ2n) is 5.01. The van der Waals surface area contributed by atoms with Gasteiger partial charge in [-0.1, -0.05) is 12.1 Å². The molecule has 2 aliphatic rings. The quantitative estimate of drug-likeness (QED) is 0.705. The van der Waals surface area contributed by atoms with Gasteiger partial charge in [0.25, 0.3) is 11.8 Å². The normalized spacial score (nSPS) is 32.4. The molecular weight excluding hydrogens is 278 g/mol. The summed E-state index contributed by atoms with van der Waals surface area (Å²) < 4.78 is 10.1. The summed E-state index contributed by atoms with van der Waals surface area (Å²) in [7, 11) is 1.34. The van der Waals surface area contributed by atoms with E-state index in [1.54, 1.807) is 24.3 Å². The predicted molar refractivity (Wildman–Crippen MR) is 69.5 cm³/mol. The first kappa shape index (κ1) is 14.2. The zero-order valence-corrected chi connectivity index (χ0v) is 11.3. The monoisotopic (exact) mass is 293 g/mol. The molecule has 0 aromatic heterocycles. The maximum absolute atomic E-state index is 12.4. The Morgan fingerprint density at radius 2 is 1.76 bits per heavy atom. The van der Waals surface area contributed by atoms with Crippen LogP contribution in [-0.2, 0) is 9.47 Å². The van der Waals surface area contributed by atoms with Gasteiger partial charge in [-0.05, 0) is 12.1 Å². The first-order chi connectivity index (χ1) is 10.1. The fraction of sp³-hybridized carbons (Fsp3) is 0.429. The van der Waals surface area contributed by atoms with Gasteiger partial charge in [0.2, 0.25) is 0 Å². The number of fused-ring (bicyclic) bond motifs is 1. The van der Waals surface area contributed by atoms with Crippen LogP contribution < -0.4 is 0 Å². The number of aliphatic hydroxyl groups is 2. The van der Waals surface area contributed by atoms with E-state index in [0.717, 1.165) is 4.90 Å². The topological polar surface area (TPSA) is 96.3 Å². The summed E-state index contributed by atoms with van der Waals surface area (Å²) in [6.45, 7) is -0.131. The summed E-state index contributed by atoms with van der Waals surface area (Å²) in [5.74, 6) is -1.06. The molecule has 4 atom stereocenters. The number of imide groups is 1. The number of methoxy groups -OCH3 is 1. The third-order valence-corrected chi connectivity index (χ3v) is 3.81. The lowest BCUT2D eigenvalue weighted by Gasteiger charge is -2.40. The molecule has 7 nitrogen and oxygen atoms in total. The molecule has 3 rings (SSSR count). The van der Waals surface area contributed by atoms with Crippen molar-refractivity contribution in [3.8, 4) is 0 Å². The minimum Gasteiger partial charge on any atom is -0.388 e. The molecule has 1 aromatic carbocycles. The standard InChI is InChI=1S/C14H15NO6/c1-20-14-11(17)10(9(16)6-21-14)15-12(18)7-4-2-3-5-8(7)13(15)19/h2-5,9-11,14,16-17H,6H2,1H3. The SMILES string of the molecule is COC1OCC(O)C(N2C(=O)c3ccccc3C2=O)C1O. The first-order valence-corrected chi connectivity index (χ1v) is 6.53. The molecule has 21 heavy (non-hydrogen) atoms. The first-order valence-electron chi connectivity index (χ1n) is 6.53. The number of ether oxygens (including phenoxy) is 2. The molecule has 2 amide bonds. The number of hydrogen-bond acceptors (Lipinski definition) is 6. The van der Waals surface area contributed by atoms with Crippen molar-refractivity contribution in [3.05, 3.63) is 35.4 Å². The van der Waals surface area contributed by atoms with Crippen molar-refractivity contribution < 1.29 is 29.3 Å². The molecule has 0 bridgehead atoms. The van der Waals surface area contributed by atoms with Crippen LogP contribution in [0.15, 0.2) is 24.3 Å². The number of carbonyl (C=O) groups is 2. The van der Waals surface area contributed by atoms with E-state index in [1.165, 1.54) is 7.11 Å². The van der Waals surface area contributed by atoms with Crippen LogP contribution >= 0.6 is 0 Å². The summed E-state index contributed by atoms with van der Waals surface area (Å²) in [6.07, 6.45) is -3.49. The van der Waals surface area contributed by atoms with Crippen molar-refractivity contribution in [3.63, 3.8) is 0 Å². The van der Waals surface area contributed by atoms with Gasteiger partial charge in [0.05, 0.1) is 23.8 Å². The van der Waals surface area contributed by atoms with Crippen molar-refractivity contribution in [2.24, 2.45) is 0 Å². The van der Waals surface area contributed by atoms with Crippen molar-refractivity contribution in [2.75, 3.05) is 13.7 Å². The summed E-state index contributed by atoms with van der Waals surface area (Å²) in [6, 6.07) is 5.30. The van der Waals surface area contributed by atoms with Crippen molar-refractivity contribution in [2.45, 2.75) is 24.5 Å². The summed E-state index contributed by atoms with van der Waals surface area (Å²) in [5, 5.41) is 20.3. The van der Waals surface area contributed by atoms with Gasteiger partial charge in [0, 0.05) is 7.11 Å². The van der Waals surface area contributed by atoms with Crippen LogP contribution in [0.25, 0.3) is 0 Å². The summed E-state index contributed by atoms with van der Waals surface area (Å²) in [4.78, 5) is 25.7. The molecule has 0 radical (unpaired) electrons. The van der Waals surface area contributed by atoms with E-state index in [4.69, 9.17) is 9.47 Å². The highest BCUT2D eigenvalue weighted by Gasteiger charge is 2.49. The molecule has 0 spiro atoms. The molecule has 1 aromatic rings. The Morgan fingerprint density at radius 3 is 2.29 bits per heavy atom. The van der Waals surface area contributed by atoms with Crippen LogP contribution in [0.5, 0.6) is 0 Å². The number of aliphatic hydroxyl groups excluding tert-OH is 2. The molecule has 112 valence electrons. The molecule has 2 heterocycles. The van der Waals surface area contributed by atoms with E-state index >= 15 is 0 Å². The average molecular weight is 293 g/mol. The smallest absolute Gasteiger partial charge is 0.261 e. The lowest BCUT2D eigenvalue weighted by Crippen LogP contribution is -2.62. The molecule has 2 N–H and O–H groups in total. The number of rotatable bonds is 2. The summed E-state index contributed by atoms with van der Waals surface area (Å²) >= 11 is 0. The van der Waals surface area contributed by atoms with Crippen LogP contribution in [-0.4, -0.2) is 65.2 Å². The van der Waals surface area contributed by atoms with Gasteiger partial charge in [0.1, 0.15) is 12.2 Å². The van der Waals surface area contributed by atoms with Crippen LogP contribution in [0, 0.1) is 0 Å². The van der Waals surface area contributed by atoms with Crippen molar-refractivity contribution in [1.82, 2.24) is 4.90 Å². The zero-order valence-electron chi connectivity index (χ0n) is 11.3. The minimum atomic E-state index is -1.32. The molecule has 1 saturated heterocycles. The Bertz CT molecular complexity index is 554. The van der Waals surface area contributed by atoms with Gasteiger partial charge in [-0.2, -0.15) is 0 Å². The zero-order chi connectivity index (χ0) is 15.1. The Labute approximate surface area is 120 Å². The van der Waals surface area contributed by atoms with Gasteiger partial charge >= 0.3 is 0 Å². The van der Waals surface area contributed by atoms with E-state index in [0.29, 0.717) is 0 Å². The fourth-order valence-corrected chi connectivity index (χ4v) is 2.79. The minimum absolute atomic E-state index is 0.131. The van der Waals surface area contributed by atoms with Crippen molar-refractivity contribution in [1.29, 1.82) is 0 Å². The fourth-order valence-electron chi connectivity index (χ4n) is 2.79. The second-order valence-corrected chi connectivity index (χ2v) is 5.01. The highest BCUT2D eigenvalue weighted by molar-refractivity contribution is 6.21. The predicted octanol–water partition coefficient (Wildman–Crippen LogP) is -0.624. The van der Waals surface area contributed by atoms with Gasteiger partial charge < -0.3 is 19.7 Å². The Morgan fingerprint density at radius 1 is 1.19 bits per heavy atom. The van der Waals surface area contributed by atoms with Crippen LogP contribution in [0.4, 0.5) is 0 Å². The number of benzene rings is 1. The Balaban J connectivity index is 1.97. The molecule has 2 aliphatic heterocycles. The third-order valence-electron chi connectivity index (χ3n) is 3.81.